The van der Waals surface area contributed by atoms with Crippen molar-refractivity contribution in [3.63, 3.8) is 0 Å². The highest BCUT2D eigenvalue weighted by Gasteiger charge is 2.05. The normalized spacial score (nSPS) is 13.3. The minimum absolute atomic E-state index is 0.871. The Kier molecular flexibility index (Phi) is 5.89. The Morgan fingerprint density at radius 3 is 2.92 bits per heavy atom. The van der Waals surface area contributed by atoms with Crippen LogP contribution < -0.4 is 10.1 Å². The van der Waals surface area contributed by atoms with Crippen LogP contribution in [0.1, 0.15) is 38.5 Å². The van der Waals surface area contributed by atoms with Crippen molar-refractivity contribution in [3.05, 3.63) is 54.3 Å². The summed E-state index contributed by atoms with van der Waals surface area (Å²) in [7, 11) is 1.70. The maximum atomic E-state index is 5.39. The zero-order chi connectivity index (χ0) is 16.6. The van der Waals surface area contributed by atoms with Gasteiger partial charge in [0.15, 0.2) is 0 Å². The summed E-state index contributed by atoms with van der Waals surface area (Å²) in [6, 6.07) is 8.09. The molecular weight excluding hydrogens is 296 g/mol. The average Bonchev–Trinajstić information content (AvgIpc) is 3.14. The van der Waals surface area contributed by atoms with Gasteiger partial charge in [0.2, 0.25) is 0 Å². The van der Waals surface area contributed by atoms with Gasteiger partial charge in [0.1, 0.15) is 5.75 Å². The van der Waals surface area contributed by atoms with Gasteiger partial charge in [-0.05, 0) is 37.8 Å². The van der Waals surface area contributed by atoms with Gasteiger partial charge in [0, 0.05) is 24.2 Å². The number of rotatable bonds is 9. The molecular formula is C21H26N2O. The molecule has 0 spiro atoms. The number of hydrogen-bond donors (Lipinski definition) is 1. The number of benzene rings is 1. The zero-order valence-corrected chi connectivity index (χ0v) is 14.4. The van der Waals surface area contributed by atoms with Gasteiger partial charge in [-0.3, -0.25) is 4.98 Å². The predicted molar refractivity (Wildman–Crippen MR) is 102 cm³/mol. The number of nitrogens with zero attached hydrogens (tertiary/aromatic N) is 1. The lowest BCUT2D eigenvalue weighted by Gasteiger charge is -2.11. The number of allylic oxidation sites excluding steroid dienone is 4. The van der Waals surface area contributed by atoms with Gasteiger partial charge >= 0.3 is 0 Å². The molecule has 126 valence electrons. The van der Waals surface area contributed by atoms with Gasteiger partial charge in [-0.25, -0.2) is 0 Å². The molecule has 0 atom stereocenters. The number of ether oxygens (including phenoxy) is 1. The first-order valence-electron chi connectivity index (χ1n) is 8.89. The summed E-state index contributed by atoms with van der Waals surface area (Å²) in [5.41, 5.74) is 3.59. The molecule has 1 aromatic heterocycles. The molecule has 3 heteroatoms. The average molecular weight is 322 g/mol. The van der Waals surface area contributed by atoms with Crippen molar-refractivity contribution in [2.75, 3.05) is 19.0 Å². The highest BCUT2D eigenvalue weighted by Crippen LogP contribution is 2.27. The van der Waals surface area contributed by atoms with Crippen LogP contribution in [0, 0.1) is 0 Å². The minimum atomic E-state index is 0.871. The van der Waals surface area contributed by atoms with E-state index in [1.165, 1.54) is 37.7 Å². The molecule has 1 heterocycles. The van der Waals surface area contributed by atoms with E-state index in [2.05, 4.69) is 34.6 Å². The second-order valence-electron chi connectivity index (χ2n) is 6.26. The Labute approximate surface area is 144 Å². The van der Waals surface area contributed by atoms with Gasteiger partial charge < -0.3 is 10.1 Å². The molecule has 3 rings (SSSR count). The molecule has 24 heavy (non-hydrogen) atoms. The highest BCUT2D eigenvalue weighted by atomic mass is 16.5. The van der Waals surface area contributed by atoms with Crippen LogP contribution in [0.2, 0.25) is 0 Å². The maximum absolute atomic E-state index is 5.39. The monoisotopic (exact) mass is 322 g/mol. The van der Waals surface area contributed by atoms with E-state index in [0.717, 1.165) is 35.3 Å². The van der Waals surface area contributed by atoms with Gasteiger partial charge in [-0.1, -0.05) is 42.7 Å². The summed E-state index contributed by atoms with van der Waals surface area (Å²) in [6.07, 6.45) is 16.1. The molecule has 3 nitrogen and oxygen atoms in total. The van der Waals surface area contributed by atoms with Crippen LogP contribution in [-0.4, -0.2) is 18.6 Å². The zero-order valence-electron chi connectivity index (χ0n) is 14.4. The first kappa shape index (κ1) is 16.6. The van der Waals surface area contributed by atoms with Crippen LogP contribution in [-0.2, 0) is 0 Å². The lowest BCUT2D eigenvalue weighted by molar-refractivity contribution is 0.415. The first-order chi connectivity index (χ1) is 11.9. The number of nitrogens with one attached hydrogen (secondary N) is 1. The van der Waals surface area contributed by atoms with Crippen molar-refractivity contribution in [3.8, 4) is 5.75 Å². The van der Waals surface area contributed by atoms with E-state index in [9.17, 15) is 0 Å². The van der Waals surface area contributed by atoms with Crippen LogP contribution in [0.5, 0.6) is 5.75 Å². The van der Waals surface area contributed by atoms with Gasteiger partial charge in [0.25, 0.3) is 0 Å². The molecule has 1 aromatic carbocycles. The standard InChI is InChI=1S/C21H26N2O/c1-24-19-15-18-12-8-14-23-21(18)20(16-19)22-13-7-3-2-4-9-17-10-5-6-11-17/h5,8,10-12,14-16,22H,2-4,6-7,9,13H2,1H3. The number of methoxy groups -OCH3 is 1. The fourth-order valence-corrected chi connectivity index (χ4v) is 3.14. The lowest BCUT2D eigenvalue weighted by Crippen LogP contribution is -2.03. The van der Waals surface area contributed by atoms with Crippen molar-refractivity contribution >= 4 is 16.6 Å². The van der Waals surface area contributed by atoms with Gasteiger partial charge in [0.05, 0.1) is 18.3 Å². The van der Waals surface area contributed by atoms with Crippen molar-refractivity contribution in [1.82, 2.24) is 4.98 Å². The van der Waals surface area contributed by atoms with Crippen LogP contribution in [0.15, 0.2) is 54.3 Å². The quantitative estimate of drug-likeness (QED) is 0.620. The van der Waals surface area contributed by atoms with E-state index in [-0.39, 0.29) is 0 Å². The molecule has 1 N–H and O–H groups in total. The van der Waals surface area contributed by atoms with Crippen LogP contribution in [0.3, 0.4) is 0 Å². The molecule has 0 bridgehead atoms. The Bertz CT molecular complexity index is 734. The summed E-state index contributed by atoms with van der Waals surface area (Å²) in [5.74, 6) is 0.871. The van der Waals surface area contributed by atoms with Gasteiger partial charge in [-0.2, -0.15) is 0 Å². The molecule has 0 radical (unpaired) electrons. The Hall–Kier alpha value is -2.29. The lowest BCUT2D eigenvalue weighted by atomic mass is 10.1. The first-order valence-corrected chi connectivity index (χ1v) is 8.89. The molecule has 0 aliphatic heterocycles. The fraction of sp³-hybridized carbons (Fsp3) is 0.381. The molecule has 1 aliphatic carbocycles. The number of unbranched alkanes of at least 4 members (excludes halogenated alkanes) is 3. The van der Waals surface area contributed by atoms with E-state index in [1.807, 2.05) is 24.4 Å². The Morgan fingerprint density at radius 1 is 1.17 bits per heavy atom. The van der Waals surface area contributed by atoms with Crippen LogP contribution >= 0.6 is 0 Å². The molecule has 0 saturated carbocycles. The second-order valence-corrected chi connectivity index (χ2v) is 6.26. The van der Waals surface area contributed by atoms with E-state index in [1.54, 1.807) is 7.11 Å². The molecule has 2 aromatic rings. The van der Waals surface area contributed by atoms with Crippen LogP contribution in [0.25, 0.3) is 10.9 Å². The molecule has 1 aliphatic rings. The maximum Gasteiger partial charge on any atom is 0.121 e. The van der Waals surface area contributed by atoms with Crippen molar-refractivity contribution < 1.29 is 4.74 Å². The third kappa shape index (κ3) is 4.38. The van der Waals surface area contributed by atoms with Crippen LogP contribution in [0.4, 0.5) is 5.69 Å². The van der Waals surface area contributed by atoms with E-state index in [4.69, 9.17) is 4.74 Å². The topological polar surface area (TPSA) is 34.1 Å². The Balaban J connectivity index is 1.44. The summed E-state index contributed by atoms with van der Waals surface area (Å²) < 4.78 is 5.39. The molecule has 0 saturated heterocycles. The number of hydrogen-bond acceptors (Lipinski definition) is 3. The minimum Gasteiger partial charge on any atom is -0.497 e. The molecule has 0 fully saturated rings. The summed E-state index contributed by atoms with van der Waals surface area (Å²) in [5, 5.41) is 4.64. The van der Waals surface area contributed by atoms with Crippen molar-refractivity contribution in [1.29, 1.82) is 0 Å². The molecule has 0 amide bonds. The SMILES string of the molecule is COc1cc(NCCCCCCC2=CCC=C2)c2ncccc2c1. The fourth-order valence-electron chi connectivity index (χ4n) is 3.14. The van der Waals surface area contributed by atoms with Gasteiger partial charge in [-0.15, -0.1) is 0 Å². The largest absolute Gasteiger partial charge is 0.497 e. The third-order valence-electron chi connectivity index (χ3n) is 4.47. The second kappa shape index (κ2) is 8.53. The van der Waals surface area contributed by atoms with Crippen molar-refractivity contribution in [2.24, 2.45) is 0 Å². The number of fused-ring (bicyclic) bond motifs is 1. The summed E-state index contributed by atoms with van der Waals surface area (Å²) in [6.45, 7) is 0.974. The Morgan fingerprint density at radius 2 is 2.08 bits per heavy atom. The smallest absolute Gasteiger partial charge is 0.121 e. The highest BCUT2D eigenvalue weighted by molar-refractivity contribution is 5.91. The number of anilines is 1. The molecule has 0 unspecified atom stereocenters. The predicted octanol–water partition coefficient (Wildman–Crippen LogP) is 5.49. The number of aromatic nitrogens is 1. The summed E-state index contributed by atoms with van der Waals surface area (Å²) in [4.78, 5) is 4.50. The van der Waals surface area contributed by atoms with E-state index in [0.29, 0.717) is 0 Å². The third-order valence-corrected chi connectivity index (χ3v) is 4.47. The van der Waals surface area contributed by atoms with E-state index >= 15 is 0 Å². The van der Waals surface area contributed by atoms with Crippen molar-refractivity contribution in [2.45, 2.75) is 38.5 Å². The number of pyridine rings is 1. The summed E-state index contributed by atoms with van der Waals surface area (Å²) >= 11 is 0. The van der Waals surface area contributed by atoms with E-state index < -0.39 is 0 Å².